The molecule has 3 nitrogen and oxygen atoms in total. The van der Waals surface area contributed by atoms with E-state index in [1.165, 1.54) is 5.56 Å². The van der Waals surface area contributed by atoms with E-state index < -0.39 is 0 Å². The average molecular weight is 214 g/mol. The Bertz CT molecular complexity index is 497. The second kappa shape index (κ2) is 4.31. The Hall–Kier alpha value is -1.90. The molecule has 2 aromatic rings. The van der Waals surface area contributed by atoms with Gasteiger partial charge in [-0.05, 0) is 25.5 Å². The molecule has 0 spiro atoms. The van der Waals surface area contributed by atoms with Crippen molar-refractivity contribution in [1.29, 1.82) is 0 Å². The molecule has 0 atom stereocenters. The molecule has 0 N–H and O–H groups in total. The van der Waals surface area contributed by atoms with Gasteiger partial charge in [-0.25, -0.2) is 0 Å². The van der Waals surface area contributed by atoms with Gasteiger partial charge in [0, 0.05) is 6.54 Å². The predicted octanol–water partition coefficient (Wildman–Crippen LogP) is 2.69. The highest BCUT2D eigenvalue weighted by Gasteiger charge is 2.07. The molecule has 1 aromatic heterocycles. The lowest BCUT2D eigenvalue weighted by Crippen LogP contribution is -1.99. The van der Waals surface area contributed by atoms with Crippen LogP contribution in [-0.2, 0) is 6.54 Å². The van der Waals surface area contributed by atoms with E-state index >= 15 is 0 Å². The summed E-state index contributed by atoms with van der Waals surface area (Å²) < 4.78 is 1.84. The van der Waals surface area contributed by atoms with Gasteiger partial charge in [0.25, 0.3) is 0 Å². The Morgan fingerprint density at radius 1 is 1.31 bits per heavy atom. The summed E-state index contributed by atoms with van der Waals surface area (Å²) >= 11 is 0. The number of hydrogen-bond donors (Lipinski definition) is 0. The van der Waals surface area contributed by atoms with Crippen molar-refractivity contribution in [1.82, 2.24) is 9.78 Å². The van der Waals surface area contributed by atoms with Crippen LogP contribution >= 0.6 is 0 Å². The second-order valence-electron chi connectivity index (χ2n) is 3.75. The van der Waals surface area contributed by atoms with Crippen LogP contribution in [-0.4, -0.2) is 16.1 Å². The molecule has 0 bridgehead atoms. The number of nitrogens with zero attached hydrogens (tertiary/aromatic N) is 2. The maximum absolute atomic E-state index is 10.7. The minimum absolute atomic E-state index is 0.484. The molecule has 0 aliphatic rings. The lowest BCUT2D eigenvalue weighted by atomic mass is 10.1. The number of carbonyl (C=O) groups is 1. The van der Waals surface area contributed by atoms with E-state index in [4.69, 9.17) is 0 Å². The molecule has 1 aromatic carbocycles. The largest absolute Gasteiger partial charge is 0.296 e. The van der Waals surface area contributed by atoms with Crippen LogP contribution in [0.5, 0.6) is 0 Å². The third kappa shape index (κ3) is 1.89. The van der Waals surface area contributed by atoms with Crippen LogP contribution < -0.4 is 0 Å². The van der Waals surface area contributed by atoms with Crippen LogP contribution in [0, 0.1) is 6.92 Å². The van der Waals surface area contributed by atoms with Crippen LogP contribution in [0.25, 0.3) is 11.3 Å². The van der Waals surface area contributed by atoms with E-state index in [0.29, 0.717) is 5.69 Å². The zero-order valence-corrected chi connectivity index (χ0v) is 9.47. The average Bonchev–Trinajstić information content (AvgIpc) is 2.73. The Kier molecular flexibility index (Phi) is 2.86. The molecule has 0 saturated carbocycles. The minimum atomic E-state index is 0.484. The van der Waals surface area contributed by atoms with Crippen LogP contribution in [0.3, 0.4) is 0 Å². The molecular formula is C13H14N2O. The lowest BCUT2D eigenvalue weighted by molar-refractivity contribution is 0.111. The third-order valence-electron chi connectivity index (χ3n) is 2.57. The number of aromatic nitrogens is 2. The van der Waals surface area contributed by atoms with Crippen molar-refractivity contribution in [3.63, 3.8) is 0 Å². The summed E-state index contributed by atoms with van der Waals surface area (Å²) in [4.78, 5) is 10.7. The van der Waals surface area contributed by atoms with Crippen LogP contribution in [0.1, 0.15) is 23.0 Å². The first-order chi connectivity index (χ1) is 7.74. The Morgan fingerprint density at radius 2 is 2.00 bits per heavy atom. The molecule has 0 saturated heterocycles. The highest BCUT2D eigenvalue weighted by molar-refractivity contribution is 5.75. The van der Waals surface area contributed by atoms with E-state index in [-0.39, 0.29) is 0 Å². The van der Waals surface area contributed by atoms with E-state index in [2.05, 4.69) is 24.2 Å². The van der Waals surface area contributed by atoms with Gasteiger partial charge in [0.1, 0.15) is 5.69 Å². The fourth-order valence-electron chi connectivity index (χ4n) is 1.69. The Morgan fingerprint density at radius 3 is 2.56 bits per heavy atom. The summed E-state index contributed by atoms with van der Waals surface area (Å²) in [5, 5.41) is 4.19. The molecule has 0 aliphatic carbocycles. The van der Waals surface area contributed by atoms with Crippen molar-refractivity contribution in [2.24, 2.45) is 0 Å². The number of hydrogen-bond acceptors (Lipinski definition) is 2. The van der Waals surface area contributed by atoms with Crippen molar-refractivity contribution in [2.75, 3.05) is 0 Å². The number of rotatable bonds is 3. The fraction of sp³-hybridized carbons (Fsp3) is 0.231. The molecule has 0 radical (unpaired) electrons. The maximum Gasteiger partial charge on any atom is 0.170 e. The van der Waals surface area contributed by atoms with E-state index in [1.807, 2.05) is 29.8 Å². The minimum Gasteiger partial charge on any atom is -0.296 e. The number of benzene rings is 1. The quantitative estimate of drug-likeness (QED) is 0.736. The van der Waals surface area contributed by atoms with Gasteiger partial charge in [0.2, 0.25) is 0 Å². The monoisotopic (exact) mass is 214 g/mol. The number of aryl methyl sites for hydroxylation is 2. The number of carbonyl (C=O) groups excluding carboxylic acids is 1. The van der Waals surface area contributed by atoms with Gasteiger partial charge in [0.15, 0.2) is 6.29 Å². The molecule has 0 unspecified atom stereocenters. The fourth-order valence-corrected chi connectivity index (χ4v) is 1.69. The predicted molar refractivity (Wildman–Crippen MR) is 63.5 cm³/mol. The summed E-state index contributed by atoms with van der Waals surface area (Å²) in [5.74, 6) is 0. The second-order valence-corrected chi connectivity index (χ2v) is 3.75. The molecule has 0 aliphatic heterocycles. The van der Waals surface area contributed by atoms with Gasteiger partial charge in [-0.1, -0.05) is 29.8 Å². The molecule has 82 valence electrons. The normalized spacial score (nSPS) is 10.4. The maximum atomic E-state index is 10.7. The first kappa shape index (κ1) is 10.6. The zero-order chi connectivity index (χ0) is 11.5. The molecule has 2 rings (SSSR count). The van der Waals surface area contributed by atoms with Crippen molar-refractivity contribution < 1.29 is 4.79 Å². The van der Waals surface area contributed by atoms with E-state index in [1.54, 1.807) is 0 Å². The van der Waals surface area contributed by atoms with Crippen molar-refractivity contribution in [3.05, 3.63) is 41.6 Å². The Balaban J connectivity index is 2.49. The first-order valence-electron chi connectivity index (χ1n) is 5.34. The van der Waals surface area contributed by atoms with Crippen LogP contribution in [0.4, 0.5) is 0 Å². The molecule has 0 amide bonds. The van der Waals surface area contributed by atoms with Crippen molar-refractivity contribution in [3.8, 4) is 11.3 Å². The highest BCUT2D eigenvalue weighted by Crippen LogP contribution is 2.20. The molecule has 16 heavy (non-hydrogen) atoms. The van der Waals surface area contributed by atoms with Crippen LogP contribution in [0.2, 0.25) is 0 Å². The summed E-state index contributed by atoms with van der Waals surface area (Å²) in [5.41, 5.74) is 3.79. The van der Waals surface area contributed by atoms with Gasteiger partial charge in [0.05, 0.1) is 5.69 Å². The van der Waals surface area contributed by atoms with Gasteiger partial charge < -0.3 is 0 Å². The number of aldehydes is 1. The highest BCUT2D eigenvalue weighted by atomic mass is 16.1. The molecule has 0 fully saturated rings. The van der Waals surface area contributed by atoms with Gasteiger partial charge >= 0.3 is 0 Å². The van der Waals surface area contributed by atoms with Crippen LogP contribution in [0.15, 0.2) is 30.3 Å². The van der Waals surface area contributed by atoms with Gasteiger partial charge in [-0.3, -0.25) is 9.48 Å². The summed E-state index contributed by atoms with van der Waals surface area (Å²) in [6.07, 6.45) is 0.782. The topological polar surface area (TPSA) is 34.9 Å². The third-order valence-corrected chi connectivity index (χ3v) is 2.57. The van der Waals surface area contributed by atoms with E-state index in [9.17, 15) is 4.79 Å². The smallest absolute Gasteiger partial charge is 0.170 e. The first-order valence-corrected chi connectivity index (χ1v) is 5.34. The summed E-state index contributed by atoms with van der Waals surface area (Å²) in [7, 11) is 0. The summed E-state index contributed by atoms with van der Waals surface area (Å²) in [6, 6.07) is 10.0. The van der Waals surface area contributed by atoms with Crippen molar-refractivity contribution in [2.45, 2.75) is 20.4 Å². The molecule has 1 heterocycles. The molecular weight excluding hydrogens is 200 g/mol. The zero-order valence-electron chi connectivity index (χ0n) is 9.47. The van der Waals surface area contributed by atoms with E-state index in [0.717, 1.165) is 24.1 Å². The SMILES string of the molecule is CCn1nc(C=O)cc1-c1ccc(C)cc1. The van der Waals surface area contributed by atoms with Gasteiger partial charge in [-0.15, -0.1) is 0 Å². The van der Waals surface area contributed by atoms with Gasteiger partial charge in [-0.2, -0.15) is 5.10 Å². The Labute approximate surface area is 94.7 Å². The van der Waals surface area contributed by atoms with Crippen molar-refractivity contribution >= 4 is 6.29 Å². The standard InChI is InChI=1S/C13H14N2O/c1-3-15-13(8-12(9-16)14-15)11-6-4-10(2)5-7-11/h4-9H,3H2,1-2H3. The summed E-state index contributed by atoms with van der Waals surface area (Å²) in [6.45, 7) is 4.83. The lowest BCUT2D eigenvalue weighted by Gasteiger charge is -2.04. The molecule has 3 heteroatoms.